The first-order valence-corrected chi connectivity index (χ1v) is 9.06. The monoisotopic (exact) mass is 375 g/mol. The molecule has 2 aromatic rings. The molecule has 3 N–H and O–H groups in total. The van der Waals surface area contributed by atoms with E-state index < -0.39 is 0 Å². The first-order valence-electron chi connectivity index (χ1n) is 9.06. The van der Waals surface area contributed by atoms with Crippen molar-refractivity contribution in [3.63, 3.8) is 0 Å². The summed E-state index contributed by atoms with van der Waals surface area (Å²) in [4.78, 5) is 0. The molecule has 3 nitrogen and oxygen atoms in total. The highest BCUT2D eigenvalue weighted by atomic mass is 19.1. The molecule has 0 fully saturated rings. The number of anilines is 1. The Morgan fingerprint density at radius 2 is 1.82 bits per heavy atom. The number of halogens is 1. The molecule has 4 heteroatoms. The number of likely N-dealkylation sites (N-methyl/N-ethyl adjacent to an activating group) is 1. The van der Waals surface area contributed by atoms with Crippen molar-refractivity contribution in [3.8, 4) is 12.3 Å². The number of allylic oxidation sites excluding steroid dienone is 2. The van der Waals surface area contributed by atoms with Crippen molar-refractivity contribution in [1.82, 2.24) is 10.6 Å². The van der Waals surface area contributed by atoms with Crippen LogP contribution in [0.15, 0.2) is 78.5 Å². The first-order chi connectivity index (χ1) is 13.5. The number of hydrogen-bond acceptors (Lipinski definition) is 3. The second kappa shape index (κ2) is 10.8. The van der Waals surface area contributed by atoms with Gasteiger partial charge in [-0.2, -0.15) is 0 Å². The fraction of sp³-hybridized carbons (Fsp3) is 0.167. The topological polar surface area (TPSA) is 36.1 Å². The van der Waals surface area contributed by atoms with E-state index in [-0.39, 0.29) is 5.82 Å². The molecule has 0 aliphatic heterocycles. The Labute approximate surface area is 167 Å². The van der Waals surface area contributed by atoms with Crippen molar-refractivity contribution >= 4 is 11.4 Å². The highest BCUT2D eigenvalue weighted by Gasteiger charge is 2.02. The van der Waals surface area contributed by atoms with E-state index in [1.165, 1.54) is 12.1 Å². The lowest BCUT2D eigenvalue weighted by molar-refractivity contribution is 0.627. The van der Waals surface area contributed by atoms with Gasteiger partial charge < -0.3 is 16.0 Å². The molecule has 2 rings (SSSR count). The van der Waals surface area contributed by atoms with Gasteiger partial charge in [0, 0.05) is 36.2 Å². The molecule has 0 heterocycles. The molecule has 144 valence electrons. The van der Waals surface area contributed by atoms with E-state index in [1.54, 1.807) is 18.2 Å². The van der Waals surface area contributed by atoms with Crippen molar-refractivity contribution in [2.45, 2.75) is 13.5 Å². The van der Waals surface area contributed by atoms with Gasteiger partial charge in [0.15, 0.2) is 0 Å². The lowest BCUT2D eigenvalue weighted by Gasteiger charge is -2.13. The average molecular weight is 375 g/mol. The molecule has 0 aliphatic carbocycles. The lowest BCUT2D eigenvalue weighted by atomic mass is 10.1. The largest absolute Gasteiger partial charge is 0.380 e. The van der Waals surface area contributed by atoms with Gasteiger partial charge in [0.2, 0.25) is 0 Å². The summed E-state index contributed by atoms with van der Waals surface area (Å²) in [6.07, 6.45) is 9.27. The Morgan fingerprint density at radius 1 is 1.14 bits per heavy atom. The second-order valence-electron chi connectivity index (χ2n) is 6.33. The summed E-state index contributed by atoms with van der Waals surface area (Å²) in [5.74, 6) is 2.32. The highest BCUT2D eigenvalue weighted by molar-refractivity contribution is 5.75. The molecule has 0 aliphatic rings. The van der Waals surface area contributed by atoms with Crippen LogP contribution in [0.5, 0.6) is 0 Å². The van der Waals surface area contributed by atoms with Gasteiger partial charge >= 0.3 is 0 Å². The normalized spacial score (nSPS) is 11.6. The van der Waals surface area contributed by atoms with E-state index in [2.05, 4.69) is 34.5 Å². The average Bonchev–Trinajstić information content (AvgIpc) is 2.70. The van der Waals surface area contributed by atoms with Crippen LogP contribution < -0.4 is 16.0 Å². The molecular weight excluding hydrogens is 349 g/mol. The summed E-state index contributed by atoms with van der Waals surface area (Å²) < 4.78 is 13.0. The second-order valence-corrected chi connectivity index (χ2v) is 6.33. The van der Waals surface area contributed by atoms with E-state index in [1.807, 2.05) is 38.2 Å². The minimum absolute atomic E-state index is 0.261. The SMILES string of the molecule is C#C/C=C(NCc1ccc(NC(=C)c2ccc(F)cc2)cc1)\C(C)=C/CNC. The fourth-order valence-corrected chi connectivity index (χ4v) is 2.55. The lowest BCUT2D eigenvalue weighted by Crippen LogP contribution is -2.15. The van der Waals surface area contributed by atoms with Gasteiger partial charge in [-0.3, -0.25) is 0 Å². The summed E-state index contributed by atoms with van der Waals surface area (Å²) in [5.41, 5.74) is 5.64. The third-order valence-electron chi connectivity index (χ3n) is 4.19. The maximum atomic E-state index is 13.0. The van der Waals surface area contributed by atoms with E-state index >= 15 is 0 Å². The van der Waals surface area contributed by atoms with Crippen molar-refractivity contribution < 1.29 is 4.39 Å². The molecule has 0 bridgehead atoms. The zero-order valence-corrected chi connectivity index (χ0v) is 16.4. The van der Waals surface area contributed by atoms with E-state index in [9.17, 15) is 4.39 Å². The molecule has 0 aromatic heterocycles. The van der Waals surface area contributed by atoms with Gasteiger partial charge in [0.1, 0.15) is 5.82 Å². The summed E-state index contributed by atoms with van der Waals surface area (Å²) in [5, 5.41) is 9.72. The molecule has 0 saturated carbocycles. The Bertz CT molecular complexity index is 885. The van der Waals surface area contributed by atoms with E-state index in [0.29, 0.717) is 6.54 Å². The molecule has 28 heavy (non-hydrogen) atoms. The van der Waals surface area contributed by atoms with Gasteiger partial charge in [0.05, 0.1) is 0 Å². The van der Waals surface area contributed by atoms with Crippen LogP contribution in [-0.2, 0) is 6.54 Å². The fourth-order valence-electron chi connectivity index (χ4n) is 2.55. The predicted octanol–water partition coefficient (Wildman–Crippen LogP) is 4.68. The van der Waals surface area contributed by atoms with Crippen LogP contribution in [0.3, 0.4) is 0 Å². The molecule has 0 amide bonds. The van der Waals surface area contributed by atoms with Crippen LogP contribution in [0.4, 0.5) is 10.1 Å². The Kier molecular flexibility index (Phi) is 8.08. The Hall–Kier alpha value is -3.29. The van der Waals surface area contributed by atoms with Gasteiger partial charge in [-0.15, -0.1) is 6.42 Å². The number of rotatable bonds is 9. The molecule has 0 spiro atoms. The van der Waals surface area contributed by atoms with Crippen LogP contribution in [0.2, 0.25) is 0 Å². The summed E-state index contributed by atoms with van der Waals surface area (Å²) in [6, 6.07) is 14.3. The Balaban J connectivity index is 1.96. The van der Waals surface area contributed by atoms with Crippen molar-refractivity contribution in [2.75, 3.05) is 18.9 Å². The van der Waals surface area contributed by atoms with Crippen LogP contribution in [0.1, 0.15) is 18.1 Å². The van der Waals surface area contributed by atoms with E-state index in [4.69, 9.17) is 6.42 Å². The quantitative estimate of drug-likeness (QED) is 0.440. The van der Waals surface area contributed by atoms with Gasteiger partial charge in [0.25, 0.3) is 0 Å². The maximum absolute atomic E-state index is 13.0. The third kappa shape index (κ3) is 6.46. The number of hydrogen-bond donors (Lipinski definition) is 3. The molecule has 2 aromatic carbocycles. The first kappa shape index (κ1) is 21.0. The maximum Gasteiger partial charge on any atom is 0.123 e. The van der Waals surface area contributed by atoms with Gasteiger partial charge in [-0.05, 0) is 54.9 Å². The molecular formula is C24H26FN3. The van der Waals surface area contributed by atoms with Gasteiger partial charge in [-0.1, -0.05) is 42.8 Å². The van der Waals surface area contributed by atoms with Gasteiger partial charge in [-0.25, -0.2) is 4.39 Å². The van der Waals surface area contributed by atoms with Crippen LogP contribution in [0.25, 0.3) is 5.70 Å². The van der Waals surface area contributed by atoms with Crippen LogP contribution >= 0.6 is 0 Å². The summed E-state index contributed by atoms with van der Waals surface area (Å²) >= 11 is 0. The summed E-state index contributed by atoms with van der Waals surface area (Å²) in [7, 11) is 1.90. The highest BCUT2D eigenvalue weighted by Crippen LogP contribution is 2.18. The Morgan fingerprint density at radius 3 is 2.43 bits per heavy atom. The number of terminal acetylenes is 1. The van der Waals surface area contributed by atoms with Crippen molar-refractivity contribution in [1.29, 1.82) is 0 Å². The zero-order valence-electron chi connectivity index (χ0n) is 16.4. The molecule has 0 unspecified atom stereocenters. The predicted molar refractivity (Wildman–Crippen MR) is 117 cm³/mol. The van der Waals surface area contributed by atoms with Crippen molar-refractivity contribution in [3.05, 3.63) is 95.5 Å². The van der Waals surface area contributed by atoms with Crippen molar-refractivity contribution in [2.24, 2.45) is 0 Å². The zero-order chi connectivity index (χ0) is 20.4. The third-order valence-corrected chi connectivity index (χ3v) is 4.19. The number of benzene rings is 2. The molecule has 0 radical (unpaired) electrons. The minimum Gasteiger partial charge on any atom is -0.380 e. The number of nitrogens with one attached hydrogen (secondary N) is 3. The van der Waals surface area contributed by atoms with Crippen LogP contribution in [0, 0.1) is 18.2 Å². The van der Waals surface area contributed by atoms with Crippen LogP contribution in [-0.4, -0.2) is 13.6 Å². The molecule has 0 atom stereocenters. The summed E-state index contributed by atoms with van der Waals surface area (Å²) in [6.45, 7) is 7.49. The molecule has 0 saturated heterocycles. The van der Waals surface area contributed by atoms with E-state index in [0.717, 1.165) is 40.3 Å². The smallest absolute Gasteiger partial charge is 0.123 e. The minimum atomic E-state index is -0.261. The standard InChI is InChI=1S/C24H26FN3/c1-5-6-24(18(2)15-16-26-4)27-17-20-7-13-23(14-8-20)28-19(3)21-9-11-22(25)12-10-21/h1,6-15,26-28H,3,16-17H2,2,4H3/b18-15-,24-6+.